The van der Waals surface area contributed by atoms with E-state index in [0.717, 1.165) is 22.5 Å². The van der Waals surface area contributed by atoms with Crippen LogP contribution in [0.4, 0.5) is 0 Å². The fraction of sp³-hybridized carbons (Fsp3) is 0.292. The molecule has 1 aromatic heterocycles. The number of aryl methyl sites for hydroxylation is 3. The van der Waals surface area contributed by atoms with Gasteiger partial charge in [0.15, 0.2) is 6.04 Å². The van der Waals surface area contributed by atoms with Crippen LogP contribution in [0.3, 0.4) is 0 Å². The molecule has 0 saturated heterocycles. The molecule has 1 heterocycles. The number of carbonyl (C=O) groups is 2. The summed E-state index contributed by atoms with van der Waals surface area (Å²) in [6.07, 6.45) is 0. The molecule has 1 amide bonds. The van der Waals surface area contributed by atoms with Crippen LogP contribution < -0.4 is 5.32 Å². The third-order valence-electron chi connectivity index (χ3n) is 4.92. The highest BCUT2D eigenvalue weighted by Crippen LogP contribution is 2.26. The minimum absolute atomic E-state index is 0.222. The Morgan fingerprint density at radius 2 is 1.67 bits per heavy atom. The fourth-order valence-corrected chi connectivity index (χ4v) is 3.69. The molecule has 0 saturated carbocycles. The number of nitrogens with zero attached hydrogens (tertiary/aromatic N) is 2. The van der Waals surface area contributed by atoms with Crippen LogP contribution in [0.15, 0.2) is 48.5 Å². The van der Waals surface area contributed by atoms with E-state index in [9.17, 15) is 9.59 Å². The summed E-state index contributed by atoms with van der Waals surface area (Å²) in [5.41, 5.74) is 5.44. The number of aromatic nitrogens is 2. The first kappa shape index (κ1) is 21.3. The highest BCUT2D eigenvalue weighted by atomic mass is 16.5. The summed E-state index contributed by atoms with van der Waals surface area (Å²) < 4.78 is 7.05. The smallest absolute Gasteiger partial charge is 0.333 e. The number of amides is 1. The second kappa shape index (κ2) is 8.95. The van der Waals surface area contributed by atoms with Crippen LogP contribution in [0, 0.1) is 27.7 Å². The summed E-state index contributed by atoms with van der Waals surface area (Å²) >= 11 is 0. The van der Waals surface area contributed by atoms with Crippen molar-refractivity contribution >= 4 is 11.9 Å². The standard InChI is InChI=1S/C24H27N3O3/c1-6-30-24(29)22(25-23(28)19-13-15(2)12-16(3)14-19)21-17(4)26-27(18(21)5)20-10-8-7-9-11-20/h7-14,22H,6H2,1-5H3,(H,25,28)/t22-/m0/s1. The van der Waals surface area contributed by atoms with Crippen molar-refractivity contribution in [3.8, 4) is 5.69 Å². The zero-order chi connectivity index (χ0) is 21.8. The van der Waals surface area contributed by atoms with Gasteiger partial charge in [-0.2, -0.15) is 5.10 Å². The Kier molecular flexibility index (Phi) is 6.35. The molecule has 1 atom stereocenters. The normalized spacial score (nSPS) is 11.8. The van der Waals surface area contributed by atoms with Crippen LogP contribution >= 0.6 is 0 Å². The molecular weight excluding hydrogens is 378 g/mol. The van der Waals surface area contributed by atoms with E-state index >= 15 is 0 Å². The third-order valence-corrected chi connectivity index (χ3v) is 4.92. The van der Waals surface area contributed by atoms with Crippen molar-refractivity contribution in [2.24, 2.45) is 0 Å². The van der Waals surface area contributed by atoms with Crippen molar-refractivity contribution in [2.45, 2.75) is 40.7 Å². The number of carbonyl (C=O) groups excluding carboxylic acids is 2. The van der Waals surface area contributed by atoms with Crippen LogP contribution in [-0.4, -0.2) is 28.3 Å². The molecule has 6 heteroatoms. The first-order valence-electron chi connectivity index (χ1n) is 9.99. The lowest BCUT2D eigenvalue weighted by atomic mass is 10.0. The van der Waals surface area contributed by atoms with Gasteiger partial charge in [0.25, 0.3) is 5.91 Å². The number of benzene rings is 2. The second-order valence-electron chi connectivity index (χ2n) is 7.37. The lowest BCUT2D eigenvalue weighted by molar-refractivity contribution is -0.145. The topological polar surface area (TPSA) is 73.2 Å². The first-order valence-corrected chi connectivity index (χ1v) is 9.99. The van der Waals surface area contributed by atoms with Crippen LogP contribution in [0.5, 0.6) is 0 Å². The SMILES string of the molecule is CCOC(=O)[C@@H](NC(=O)c1cc(C)cc(C)c1)c1c(C)nn(-c2ccccc2)c1C. The number of ether oxygens (including phenoxy) is 1. The lowest BCUT2D eigenvalue weighted by Crippen LogP contribution is -2.35. The van der Waals surface area contributed by atoms with Gasteiger partial charge < -0.3 is 10.1 Å². The van der Waals surface area contributed by atoms with Gasteiger partial charge in [-0.1, -0.05) is 35.4 Å². The zero-order valence-electron chi connectivity index (χ0n) is 18.0. The van der Waals surface area contributed by atoms with Gasteiger partial charge in [-0.05, 0) is 58.9 Å². The molecule has 0 fully saturated rings. The molecular formula is C24H27N3O3. The van der Waals surface area contributed by atoms with Gasteiger partial charge in [-0.3, -0.25) is 4.79 Å². The summed E-state index contributed by atoms with van der Waals surface area (Å²) in [6, 6.07) is 14.3. The number of nitrogens with one attached hydrogen (secondary N) is 1. The van der Waals surface area contributed by atoms with E-state index in [4.69, 9.17) is 4.74 Å². The van der Waals surface area contributed by atoms with Crippen LogP contribution in [0.1, 0.15) is 51.4 Å². The lowest BCUT2D eigenvalue weighted by Gasteiger charge is -2.19. The number of rotatable bonds is 6. The minimum Gasteiger partial charge on any atom is -0.464 e. The van der Waals surface area contributed by atoms with E-state index in [1.54, 1.807) is 23.7 Å². The van der Waals surface area contributed by atoms with Gasteiger partial charge in [-0.25, -0.2) is 9.48 Å². The summed E-state index contributed by atoms with van der Waals surface area (Å²) in [6.45, 7) is 9.55. The maximum atomic E-state index is 13.0. The Labute approximate surface area is 176 Å². The quantitative estimate of drug-likeness (QED) is 0.626. The molecule has 2 aromatic carbocycles. The predicted octanol–water partition coefficient (Wildman–Crippen LogP) is 4.14. The Morgan fingerprint density at radius 1 is 1.03 bits per heavy atom. The average Bonchev–Trinajstić information content (AvgIpc) is 3.00. The highest BCUT2D eigenvalue weighted by molar-refractivity contribution is 5.97. The Morgan fingerprint density at radius 3 is 2.27 bits per heavy atom. The summed E-state index contributed by atoms with van der Waals surface area (Å²) in [5, 5.41) is 7.48. The first-order chi connectivity index (χ1) is 14.3. The van der Waals surface area contributed by atoms with Gasteiger partial charge in [0, 0.05) is 16.8 Å². The predicted molar refractivity (Wildman–Crippen MR) is 116 cm³/mol. The molecule has 156 valence electrons. The largest absolute Gasteiger partial charge is 0.464 e. The van der Waals surface area contributed by atoms with E-state index in [-0.39, 0.29) is 12.5 Å². The summed E-state index contributed by atoms with van der Waals surface area (Å²) in [4.78, 5) is 25.8. The van der Waals surface area contributed by atoms with Crippen LogP contribution in [0.2, 0.25) is 0 Å². The van der Waals surface area contributed by atoms with Gasteiger partial charge in [0.2, 0.25) is 0 Å². The molecule has 0 bridgehead atoms. The van der Waals surface area contributed by atoms with Gasteiger partial charge in [0.1, 0.15) is 0 Å². The molecule has 0 unspecified atom stereocenters. The van der Waals surface area contributed by atoms with Gasteiger partial charge in [0.05, 0.1) is 18.0 Å². The molecule has 0 radical (unpaired) electrons. The van der Waals surface area contributed by atoms with Gasteiger partial charge in [-0.15, -0.1) is 0 Å². The number of hydrogen-bond acceptors (Lipinski definition) is 4. The van der Waals surface area contributed by atoms with Crippen molar-refractivity contribution < 1.29 is 14.3 Å². The molecule has 0 spiro atoms. The van der Waals surface area contributed by atoms with E-state index in [1.807, 2.05) is 64.1 Å². The molecule has 1 N–H and O–H groups in total. The van der Waals surface area contributed by atoms with Crippen molar-refractivity contribution in [3.05, 3.63) is 82.2 Å². The maximum absolute atomic E-state index is 13.0. The highest BCUT2D eigenvalue weighted by Gasteiger charge is 2.30. The Hall–Kier alpha value is -3.41. The van der Waals surface area contributed by atoms with Gasteiger partial charge >= 0.3 is 5.97 Å². The number of para-hydroxylation sites is 1. The fourth-order valence-electron chi connectivity index (χ4n) is 3.69. The van der Waals surface area contributed by atoms with Crippen molar-refractivity contribution in [2.75, 3.05) is 6.61 Å². The number of esters is 1. The molecule has 0 aliphatic heterocycles. The van der Waals surface area contributed by atoms with E-state index in [1.165, 1.54) is 0 Å². The Bertz CT molecular complexity index is 1050. The second-order valence-corrected chi connectivity index (χ2v) is 7.37. The molecule has 0 aliphatic carbocycles. The van der Waals surface area contributed by atoms with Crippen molar-refractivity contribution in [1.29, 1.82) is 0 Å². The Balaban J connectivity index is 2.02. The third kappa shape index (κ3) is 4.43. The van der Waals surface area contributed by atoms with Crippen molar-refractivity contribution in [1.82, 2.24) is 15.1 Å². The number of hydrogen-bond donors (Lipinski definition) is 1. The van der Waals surface area contributed by atoms with E-state index in [2.05, 4.69) is 10.4 Å². The van der Waals surface area contributed by atoms with E-state index in [0.29, 0.717) is 16.8 Å². The molecule has 30 heavy (non-hydrogen) atoms. The average molecular weight is 405 g/mol. The zero-order valence-corrected chi connectivity index (χ0v) is 18.0. The summed E-state index contributed by atoms with van der Waals surface area (Å²) in [5.74, 6) is -0.833. The van der Waals surface area contributed by atoms with Crippen LogP contribution in [0.25, 0.3) is 5.69 Å². The van der Waals surface area contributed by atoms with Crippen molar-refractivity contribution in [3.63, 3.8) is 0 Å². The molecule has 3 aromatic rings. The molecule has 6 nitrogen and oxygen atoms in total. The monoisotopic (exact) mass is 405 g/mol. The molecule has 0 aliphatic rings. The minimum atomic E-state index is -0.948. The van der Waals surface area contributed by atoms with E-state index < -0.39 is 12.0 Å². The molecule has 3 rings (SSSR count). The summed E-state index contributed by atoms with van der Waals surface area (Å²) in [7, 11) is 0. The maximum Gasteiger partial charge on any atom is 0.333 e. The van der Waals surface area contributed by atoms with Crippen LogP contribution in [-0.2, 0) is 9.53 Å².